The maximum Gasteiger partial charge on any atom is 0.174 e. The Kier molecular flexibility index (Phi) is 6.73. The monoisotopic (exact) mass is 239 g/mol. The summed E-state index contributed by atoms with van der Waals surface area (Å²) in [6.07, 6.45) is 2.08. The summed E-state index contributed by atoms with van der Waals surface area (Å²) < 4.78 is 11.0. The summed E-state index contributed by atoms with van der Waals surface area (Å²) in [5.41, 5.74) is 3.69. The second kappa shape index (κ2) is 8.14. The predicted octanol–water partition coefficient (Wildman–Crippen LogP) is 0.855. The lowest BCUT2D eigenvalue weighted by Crippen LogP contribution is -2.48. The van der Waals surface area contributed by atoms with Crippen LogP contribution in [0.1, 0.15) is 19.5 Å². The first-order chi connectivity index (χ1) is 8.31. The van der Waals surface area contributed by atoms with Crippen molar-refractivity contribution in [1.29, 1.82) is 0 Å². The van der Waals surface area contributed by atoms with Crippen LogP contribution in [0.2, 0.25) is 0 Å². The zero-order chi connectivity index (χ0) is 12.5. The van der Waals surface area contributed by atoms with Gasteiger partial charge in [0.1, 0.15) is 0 Å². The second-order valence-corrected chi connectivity index (χ2v) is 3.58. The van der Waals surface area contributed by atoms with Gasteiger partial charge in [0, 0.05) is 31.5 Å². The zero-order valence-corrected chi connectivity index (χ0v) is 10.4. The number of ether oxygens (including phenoxy) is 2. The van der Waals surface area contributed by atoms with Crippen molar-refractivity contribution in [2.45, 2.75) is 32.6 Å². The summed E-state index contributed by atoms with van der Waals surface area (Å²) in [6, 6.07) is 5.69. The van der Waals surface area contributed by atoms with E-state index >= 15 is 0 Å². The first kappa shape index (κ1) is 14.1. The molecule has 5 heteroatoms. The molecule has 1 aromatic rings. The van der Waals surface area contributed by atoms with E-state index in [9.17, 15) is 0 Å². The molecule has 0 saturated carbocycles. The molecule has 0 fully saturated rings. The molecule has 0 amide bonds. The molecule has 3 N–H and O–H groups in total. The molecule has 0 aliphatic carbocycles. The Balaban J connectivity index is 2.61. The molecule has 0 aliphatic rings. The van der Waals surface area contributed by atoms with Gasteiger partial charge < -0.3 is 9.47 Å². The van der Waals surface area contributed by atoms with Gasteiger partial charge in [-0.2, -0.15) is 0 Å². The largest absolute Gasteiger partial charge is 0.351 e. The van der Waals surface area contributed by atoms with Crippen molar-refractivity contribution < 1.29 is 9.47 Å². The summed E-state index contributed by atoms with van der Waals surface area (Å²) in [4.78, 5) is 4.26. The highest BCUT2D eigenvalue weighted by molar-refractivity contribution is 5.05. The van der Waals surface area contributed by atoms with Crippen LogP contribution in [-0.4, -0.2) is 30.5 Å². The smallest absolute Gasteiger partial charge is 0.174 e. The fraction of sp³-hybridized carbons (Fsp3) is 0.583. The highest BCUT2D eigenvalue weighted by Crippen LogP contribution is 2.07. The third-order valence-electron chi connectivity index (χ3n) is 2.36. The highest BCUT2D eigenvalue weighted by Gasteiger charge is 2.21. The molecule has 1 rings (SSSR count). The van der Waals surface area contributed by atoms with E-state index in [4.69, 9.17) is 15.3 Å². The van der Waals surface area contributed by atoms with Crippen LogP contribution in [0.5, 0.6) is 0 Å². The van der Waals surface area contributed by atoms with E-state index in [1.165, 1.54) is 0 Å². The number of rotatable bonds is 8. The van der Waals surface area contributed by atoms with E-state index < -0.39 is 0 Å². The number of hydrogen-bond donors (Lipinski definition) is 2. The zero-order valence-electron chi connectivity index (χ0n) is 10.4. The molecular weight excluding hydrogens is 218 g/mol. The molecule has 0 spiro atoms. The minimum absolute atomic E-state index is 0.107. The second-order valence-electron chi connectivity index (χ2n) is 3.58. The van der Waals surface area contributed by atoms with Crippen LogP contribution in [0.25, 0.3) is 0 Å². The Morgan fingerprint density at radius 1 is 1.29 bits per heavy atom. The molecule has 0 aromatic carbocycles. The average molecular weight is 239 g/mol. The Labute approximate surface area is 102 Å². The maximum absolute atomic E-state index is 5.54. The Morgan fingerprint density at radius 3 is 2.47 bits per heavy atom. The number of aromatic nitrogens is 1. The van der Waals surface area contributed by atoms with Crippen LogP contribution in [0.3, 0.4) is 0 Å². The molecule has 17 heavy (non-hydrogen) atoms. The third kappa shape index (κ3) is 4.79. The number of hydrogen-bond acceptors (Lipinski definition) is 5. The van der Waals surface area contributed by atoms with E-state index in [1.54, 1.807) is 6.20 Å². The molecule has 0 bridgehead atoms. The van der Waals surface area contributed by atoms with Crippen molar-refractivity contribution in [2.24, 2.45) is 5.84 Å². The molecule has 96 valence electrons. The van der Waals surface area contributed by atoms with Crippen LogP contribution in [-0.2, 0) is 15.9 Å². The molecular formula is C12H21N3O2. The van der Waals surface area contributed by atoms with Gasteiger partial charge in [-0.3, -0.25) is 16.3 Å². The molecule has 0 aliphatic heterocycles. The van der Waals surface area contributed by atoms with Gasteiger partial charge in [-0.1, -0.05) is 6.07 Å². The van der Waals surface area contributed by atoms with Crippen LogP contribution < -0.4 is 11.3 Å². The lowest BCUT2D eigenvalue weighted by Gasteiger charge is -2.25. The van der Waals surface area contributed by atoms with E-state index in [1.807, 2.05) is 32.0 Å². The minimum atomic E-state index is -0.350. The van der Waals surface area contributed by atoms with Gasteiger partial charge in [-0.25, -0.2) is 0 Å². The van der Waals surface area contributed by atoms with Crippen LogP contribution >= 0.6 is 0 Å². The van der Waals surface area contributed by atoms with Crippen molar-refractivity contribution in [3.8, 4) is 0 Å². The lowest BCUT2D eigenvalue weighted by atomic mass is 10.1. The van der Waals surface area contributed by atoms with Crippen molar-refractivity contribution in [3.05, 3.63) is 30.1 Å². The fourth-order valence-electron chi connectivity index (χ4n) is 1.59. The molecule has 1 unspecified atom stereocenters. The fourth-order valence-corrected chi connectivity index (χ4v) is 1.59. The molecule has 1 heterocycles. The number of nitrogens with zero attached hydrogens (tertiary/aromatic N) is 1. The number of pyridine rings is 1. The number of hydrazine groups is 1. The quantitative estimate of drug-likeness (QED) is 0.400. The molecule has 1 aromatic heterocycles. The van der Waals surface area contributed by atoms with Gasteiger partial charge in [0.2, 0.25) is 0 Å². The summed E-state index contributed by atoms with van der Waals surface area (Å²) >= 11 is 0. The topological polar surface area (TPSA) is 69.4 Å². The molecule has 1 atom stereocenters. The lowest BCUT2D eigenvalue weighted by molar-refractivity contribution is -0.153. The SMILES string of the molecule is CCOC(OCC)C(Cc1ccccn1)NN. The average Bonchev–Trinajstić information content (AvgIpc) is 2.37. The molecule has 0 radical (unpaired) electrons. The van der Waals surface area contributed by atoms with E-state index in [0.717, 1.165) is 5.69 Å². The van der Waals surface area contributed by atoms with Gasteiger partial charge >= 0.3 is 0 Å². The summed E-state index contributed by atoms with van der Waals surface area (Å²) in [6.45, 7) is 5.04. The molecule has 5 nitrogen and oxygen atoms in total. The van der Waals surface area contributed by atoms with Crippen molar-refractivity contribution in [3.63, 3.8) is 0 Å². The number of nitrogens with two attached hydrogens (primary N) is 1. The molecule has 0 saturated heterocycles. The summed E-state index contributed by atoms with van der Waals surface area (Å²) in [7, 11) is 0. The summed E-state index contributed by atoms with van der Waals surface area (Å²) in [5.74, 6) is 5.54. The van der Waals surface area contributed by atoms with E-state index in [0.29, 0.717) is 19.6 Å². The van der Waals surface area contributed by atoms with Gasteiger partial charge in [0.15, 0.2) is 6.29 Å². The standard InChI is InChI=1S/C12H21N3O2/c1-3-16-12(17-4-2)11(15-13)9-10-7-5-6-8-14-10/h5-8,11-12,15H,3-4,9,13H2,1-2H3. The minimum Gasteiger partial charge on any atom is -0.351 e. The van der Waals surface area contributed by atoms with Crippen molar-refractivity contribution in [1.82, 2.24) is 10.4 Å². The Morgan fingerprint density at radius 2 is 2.00 bits per heavy atom. The first-order valence-electron chi connectivity index (χ1n) is 5.91. The van der Waals surface area contributed by atoms with Gasteiger partial charge in [0.25, 0.3) is 0 Å². The van der Waals surface area contributed by atoms with Crippen LogP contribution in [0.4, 0.5) is 0 Å². The van der Waals surface area contributed by atoms with Crippen molar-refractivity contribution in [2.75, 3.05) is 13.2 Å². The van der Waals surface area contributed by atoms with Crippen molar-refractivity contribution >= 4 is 0 Å². The van der Waals surface area contributed by atoms with Crippen LogP contribution in [0, 0.1) is 0 Å². The van der Waals surface area contributed by atoms with Gasteiger partial charge in [0.05, 0.1) is 6.04 Å². The van der Waals surface area contributed by atoms with Gasteiger partial charge in [-0.05, 0) is 26.0 Å². The summed E-state index contributed by atoms with van der Waals surface area (Å²) in [5, 5.41) is 0. The highest BCUT2D eigenvalue weighted by atomic mass is 16.7. The van der Waals surface area contributed by atoms with Crippen LogP contribution in [0.15, 0.2) is 24.4 Å². The Hall–Kier alpha value is -1.01. The normalized spacial score (nSPS) is 12.9. The van der Waals surface area contributed by atoms with E-state index in [-0.39, 0.29) is 12.3 Å². The Bertz CT molecular complexity index is 289. The maximum atomic E-state index is 5.54. The van der Waals surface area contributed by atoms with Gasteiger partial charge in [-0.15, -0.1) is 0 Å². The third-order valence-corrected chi connectivity index (χ3v) is 2.36. The number of nitrogens with one attached hydrogen (secondary N) is 1. The first-order valence-corrected chi connectivity index (χ1v) is 5.91. The van der Waals surface area contributed by atoms with E-state index in [2.05, 4.69) is 10.4 Å². The predicted molar refractivity (Wildman–Crippen MR) is 66.1 cm³/mol.